The van der Waals surface area contributed by atoms with Crippen molar-refractivity contribution in [3.63, 3.8) is 0 Å². The minimum atomic E-state index is 0.212. The number of nitrogen functional groups attached to an aromatic ring is 1. The number of aromatic nitrogens is 1. The minimum absolute atomic E-state index is 0.212. The Bertz CT molecular complexity index is 450. The number of hydrogen-bond donors (Lipinski definition) is 1. The molecule has 0 bridgehead atoms. The number of nitrogens with zero attached hydrogens (tertiary/aromatic N) is 1. The summed E-state index contributed by atoms with van der Waals surface area (Å²) < 4.78 is 6.13. The number of rotatable bonds is 1. The molecule has 0 aliphatic heterocycles. The third-order valence-corrected chi connectivity index (χ3v) is 2.52. The van der Waals surface area contributed by atoms with Gasteiger partial charge in [-0.3, -0.25) is 0 Å². The fourth-order valence-electron chi connectivity index (χ4n) is 1.27. The van der Waals surface area contributed by atoms with E-state index in [1.807, 2.05) is 12.1 Å². The van der Waals surface area contributed by atoms with Crippen LogP contribution in [-0.2, 0) is 6.42 Å². The van der Waals surface area contributed by atoms with Gasteiger partial charge >= 0.3 is 0 Å². The SMILES string of the molecule is CCc1cc(Br)c2oc(N)nc2c1. The van der Waals surface area contributed by atoms with Crippen LogP contribution in [-0.4, -0.2) is 4.98 Å². The van der Waals surface area contributed by atoms with Crippen LogP contribution >= 0.6 is 15.9 Å². The third-order valence-electron chi connectivity index (χ3n) is 1.93. The van der Waals surface area contributed by atoms with Gasteiger partial charge in [0.1, 0.15) is 5.52 Å². The molecule has 4 heteroatoms. The van der Waals surface area contributed by atoms with Crippen molar-refractivity contribution >= 4 is 33.0 Å². The minimum Gasteiger partial charge on any atom is -0.422 e. The lowest BCUT2D eigenvalue weighted by molar-refractivity contribution is 0.624. The summed E-state index contributed by atoms with van der Waals surface area (Å²) in [6.45, 7) is 2.09. The Morgan fingerprint density at radius 1 is 1.54 bits per heavy atom. The first-order valence-corrected chi connectivity index (χ1v) is 4.84. The average molecular weight is 241 g/mol. The van der Waals surface area contributed by atoms with Crippen LogP contribution in [0.5, 0.6) is 0 Å². The van der Waals surface area contributed by atoms with E-state index in [0.717, 1.165) is 22.0 Å². The van der Waals surface area contributed by atoms with Crippen LogP contribution in [0, 0.1) is 0 Å². The van der Waals surface area contributed by atoms with Crippen LogP contribution in [0.1, 0.15) is 12.5 Å². The molecule has 0 aliphatic carbocycles. The molecule has 0 radical (unpaired) electrons. The van der Waals surface area contributed by atoms with Crippen molar-refractivity contribution in [1.82, 2.24) is 4.98 Å². The molecule has 0 saturated carbocycles. The van der Waals surface area contributed by atoms with Gasteiger partial charge in [-0.1, -0.05) is 6.92 Å². The van der Waals surface area contributed by atoms with Gasteiger partial charge in [-0.05, 0) is 40.0 Å². The molecular formula is C9H9BrN2O. The molecule has 1 heterocycles. The molecule has 68 valence electrons. The number of halogens is 1. The largest absolute Gasteiger partial charge is 0.422 e. The number of nitrogens with two attached hydrogens (primary N) is 1. The predicted octanol–water partition coefficient (Wildman–Crippen LogP) is 2.73. The first-order valence-electron chi connectivity index (χ1n) is 4.05. The van der Waals surface area contributed by atoms with E-state index in [4.69, 9.17) is 10.2 Å². The van der Waals surface area contributed by atoms with Crippen molar-refractivity contribution in [1.29, 1.82) is 0 Å². The molecule has 0 unspecified atom stereocenters. The highest BCUT2D eigenvalue weighted by Gasteiger charge is 2.07. The number of benzene rings is 1. The van der Waals surface area contributed by atoms with Gasteiger partial charge in [0.25, 0.3) is 6.01 Å². The fourth-order valence-corrected chi connectivity index (χ4v) is 1.85. The lowest BCUT2D eigenvalue weighted by Gasteiger charge is -1.96. The van der Waals surface area contributed by atoms with Crippen molar-refractivity contribution in [2.75, 3.05) is 5.73 Å². The van der Waals surface area contributed by atoms with Gasteiger partial charge in [-0.15, -0.1) is 0 Å². The first kappa shape index (κ1) is 8.56. The van der Waals surface area contributed by atoms with Crippen LogP contribution in [0.4, 0.5) is 6.01 Å². The van der Waals surface area contributed by atoms with Crippen LogP contribution in [0.25, 0.3) is 11.1 Å². The molecule has 13 heavy (non-hydrogen) atoms. The van der Waals surface area contributed by atoms with Gasteiger partial charge in [0.05, 0.1) is 4.47 Å². The van der Waals surface area contributed by atoms with Crippen LogP contribution < -0.4 is 5.73 Å². The zero-order valence-corrected chi connectivity index (χ0v) is 8.76. The van der Waals surface area contributed by atoms with Gasteiger partial charge < -0.3 is 10.2 Å². The van der Waals surface area contributed by atoms with Gasteiger partial charge in [0.15, 0.2) is 5.58 Å². The molecule has 0 fully saturated rings. The Hall–Kier alpha value is -1.03. The number of anilines is 1. The Morgan fingerprint density at radius 2 is 2.31 bits per heavy atom. The predicted molar refractivity (Wildman–Crippen MR) is 55.5 cm³/mol. The average Bonchev–Trinajstić information content (AvgIpc) is 2.46. The molecule has 1 aromatic heterocycles. The highest BCUT2D eigenvalue weighted by Crippen LogP contribution is 2.27. The second-order valence-corrected chi connectivity index (χ2v) is 3.69. The molecule has 2 N–H and O–H groups in total. The Kier molecular flexibility index (Phi) is 2.00. The lowest BCUT2D eigenvalue weighted by atomic mass is 10.1. The first-order chi connectivity index (χ1) is 6.20. The molecule has 2 rings (SSSR count). The van der Waals surface area contributed by atoms with Crippen LogP contribution in [0.2, 0.25) is 0 Å². The Balaban J connectivity index is 2.75. The van der Waals surface area contributed by atoms with Gasteiger partial charge in [0, 0.05) is 0 Å². The molecule has 3 nitrogen and oxygen atoms in total. The summed E-state index contributed by atoms with van der Waals surface area (Å²) in [7, 11) is 0. The normalized spacial score (nSPS) is 10.9. The van der Waals surface area contributed by atoms with E-state index in [-0.39, 0.29) is 6.01 Å². The summed E-state index contributed by atoms with van der Waals surface area (Å²) in [6.07, 6.45) is 0.974. The van der Waals surface area contributed by atoms with E-state index >= 15 is 0 Å². The summed E-state index contributed by atoms with van der Waals surface area (Å²) in [6, 6.07) is 4.22. The summed E-state index contributed by atoms with van der Waals surface area (Å²) in [5, 5.41) is 0. The zero-order chi connectivity index (χ0) is 9.42. The van der Waals surface area contributed by atoms with Gasteiger partial charge in [-0.25, -0.2) is 0 Å². The molecule has 0 aliphatic rings. The van der Waals surface area contributed by atoms with Crippen molar-refractivity contribution in [3.8, 4) is 0 Å². The summed E-state index contributed by atoms with van der Waals surface area (Å²) in [5.41, 5.74) is 8.19. The molecule has 1 aromatic carbocycles. The van der Waals surface area contributed by atoms with E-state index in [2.05, 4.69) is 27.8 Å². The second-order valence-electron chi connectivity index (χ2n) is 2.83. The summed E-state index contributed by atoms with van der Waals surface area (Å²) in [5.74, 6) is 0. The van der Waals surface area contributed by atoms with E-state index in [9.17, 15) is 0 Å². The van der Waals surface area contributed by atoms with Gasteiger partial charge in [0.2, 0.25) is 0 Å². The monoisotopic (exact) mass is 240 g/mol. The number of oxazole rings is 1. The van der Waals surface area contributed by atoms with Crippen LogP contribution in [0.15, 0.2) is 21.0 Å². The third kappa shape index (κ3) is 1.42. The standard InChI is InChI=1S/C9H9BrN2O/c1-2-5-3-6(10)8-7(4-5)12-9(11)13-8/h3-4H,2H2,1H3,(H2,11,12). The number of hydrogen-bond acceptors (Lipinski definition) is 3. The van der Waals surface area contributed by atoms with Crippen molar-refractivity contribution in [2.24, 2.45) is 0 Å². The van der Waals surface area contributed by atoms with E-state index in [0.29, 0.717) is 0 Å². The molecule has 0 spiro atoms. The molecule has 0 saturated heterocycles. The topological polar surface area (TPSA) is 52.0 Å². The molecule has 0 amide bonds. The maximum atomic E-state index is 5.45. The van der Waals surface area contributed by atoms with Crippen molar-refractivity contribution in [2.45, 2.75) is 13.3 Å². The van der Waals surface area contributed by atoms with E-state index in [1.165, 1.54) is 5.56 Å². The Labute approximate surface area is 84.1 Å². The number of fused-ring (bicyclic) bond motifs is 1. The highest BCUT2D eigenvalue weighted by molar-refractivity contribution is 9.10. The second kappa shape index (κ2) is 3.03. The maximum Gasteiger partial charge on any atom is 0.293 e. The van der Waals surface area contributed by atoms with E-state index in [1.54, 1.807) is 0 Å². The Morgan fingerprint density at radius 3 is 3.00 bits per heavy atom. The summed E-state index contributed by atoms with van der Waals surface area (Å²) >= 11 is 3.41. The van der Waals surface area contributed by atoms with Crippen molar-refractivity contribution in [3.05, 3.63) is 22.2 Å². The van der Waals surface area contributed by atoms with Crippen molar-refractivity contribution < 1.29 is 4.42 Å². The quantitative estimate of drug-likeness (QED) is 0.835. The number of aryl methyl sites for hydroxylation is 1. The fraction of sp³-hybridized carbons (Fsp3) is 0.222. The van der Waals surface area contributed by atoms with Gasteiger partial charge in [-0.2, -0.15) is 4.98 Å². The maximum absolute atomic E-state index is 5.45. The highest BCUT2D eigenvalue weighted by atomic mass is 79.9. The lowest BCUT2D eigenvalue weighted by Crippen LogP contribution is -1.82. The molecule has 2 aromatic rings. The van der Waals surface area contributed by atoms with Crippen LogP contribution in [0.3, 0.4) is 0 Å². The smallest absolute Gasteiger partial charge is 0.293 e. The molecule has 0 atom stereocenters. The summed E-state index contributed by atoms with van der Waals surface area (Å²) in [4.78, 5) is 4.06. The molecular weight excluding hydrogens is 232 g/mol. The zero-order valence-electron chi connectivity index (χ0n) is 7.17. The van der Waals surface area contributed by atoms with E-state index < -0.39 is 0 Å².